The third-order valence-corrected chi connectivity index (χ3v) is 4.00. The molecule has 1 N–H and O–H groups in total. The van der Waals surface area contributed by atoms with Crippen LogP contribution in [0.2, 0.25) is 0 Å². The van der Waals surface area contributed by atoms with Crippen LogP contribution >= 0.6 is 0 Å². The molecule has 1 aliphatic rings. The van der Waals surface area contributed by atoms with Crippen molar-refractivity contribution in [1.29, 1.82) is 0 Å². The standard InChI is InChI=1S/C14H15F4NO2/c1-13(12(20)21)4-6-19(7-5-13)11-3-2-9(8-10(11)15)14(16,17)18/h2-3,8H,4-7H2,1H3,(H,20,21). The van der Waals surface area contributed by atoms with Gasteiger partial charge in [-0.15, -0.1) is 0 Å². The largest absolute Gasteiger partial charge is 0.481 e. The van der Waals surface area contributed by atoms with Crippen molar-refractivity contribution >= 4 is 11.7 Å². The highest BCUT2D eigenvalue weighted by atomic mass is 19.4. The van der Waals surface area contributed by atoms with E-state index >= 15 is 0 Å². The van der Waals surface area contributed by atoms with Crippen molar-refractivity contribution in [1.82, 2.24) is 0 Å². The third-order valence-electron chi connectivity index (χ3n) is 4.00. The van der Waals surface area contributed by atoms with Crippen molar-refractivity contribution in [2.24, 2.45) is 5.41 Å². The van der Waals surface area contributed by atoms with Crippen LogP contribution in [0.4, 0.5) is 23.2 Å². The minimum atomic E-state index is -4.58. The Kier molecular flexibility index (Phi) is 3.86. The predicted molar refractivity (Wildman–Crippen MR) is 68.6 cm³/mol. The van der Waals surface area contributed by atoms with Crippen molar-refractivity contribution in [2.75, 3.05) is 18.0 Å². The lowest BCUT2D eigenvalue weighted by Crippen LogP contribution is -2.43. The number of nitrogens with zero attached hydrogens (tertiary/aromatic N) is 1. The van der Waals surface area contributed by atoms with Crippen LogP contribution in [-0.4, -0.2) is 24.2 Å². The molecule has 1 aromatic carbocycles. The summed E-state index contributed by atoms with van der Waals surface area (Å²) in [5.74, 6) is -1.85. The van der Waals surface area contributed by atoms with Crippen molar-refractivity contribution in [3.05, 3.63) is 29.6 Å². The SMILES string of the molecule is CC1(C(=O)O)CCN(c2ccc(C(F)(F)F)cc2F)CC1. The van der Waals surface area contributed by atoms with Crippen LogP contribution in [0.3, 0.4) is 0 Å². The first-order chi connectivity index (χ1) is 9.63. The van der Waals surface area contributed by atoms with Gasteiger partial charge in [0.2, 0.25) is 0 Å². The van der Waals surface area contributed by atoms with Gasteiger partial charge in [0.25, 0.3) is 0 Å². The Morgan fingerprint density at radius 2 is 1.86 bits per heavy atom. The van der Waals surface area contributed by atoms with Crippen molar-refractivity contribution in [3.8, 4) is 0 Å². The van der Waals surface area contributed by atoms with Crippen LogP contribution in [0.15, 0.2) is 18.2 Å². The zero-order valence-corrected chi connectivity index (χ0v) is 11.4. The zero-order valence-electron chi connectivity index (χ0n) is 11.4. The summed E-state index contributed by atoms with van der Waals surface area (Å²) in [6, 6.07) is 2.41. The van der Waals surface area contributed by atoms with Gasteiger partial charge in [-0.25, -0.2) is 4.39 Å². The highest BCUT2D eigenvalue weighted by Crippen LogP contribution is 2.36. The predicted octanol–water partition coefficient (Wildman–Crippen LogP) is 3.54. The van der Waals surface area contributed by atoms with Gasteiger partial charge in [0.15, 0.2) is 0 Å². The summed E-state index contributed by atoms with van der Waals surface area (Å²) in [6.45, 7) is 2.21. The summed E-state index contributed by atoms with van der Waals surface area (Å²) in [4.78, 5) is 12.7. The number of carbonyl (C=O) groups is 1. The second kappa shape index (κ2) is 5.20. The van der Waals surface area contributed by atoms with Gasteiger partial charge in [-0.05, 0) is 38.0 Å². The van der Waals surface area contributed by atoms with Gasteiger partial charge >= 0.3 is 12.1 Å². The molecule has 2 rings (SSSR count). The fourth-order valence-electron chi connectivity index (χ4n) is 2.39. The molecule has 0 aromatic heterocycles. The number of hydrogen-bond donors (Lipinski definition) is 1. The molecule has 1 heterocycles. The lowest BCUT2D eigenvalue weighted by molar-refractivity contribution is -0.149. The van der Waals surface area contributed by atoms with Gasteiger partial charge in [0.1, 0.15) is 5.82 Å². The molecule has 0 saturated carbocycles. The highest BCUT2D eigenvalue weighted by Gasteiger charge is 2.38. The van der Waals surface area contributed by atoms with Crippen molar-refractivity contribution < 1.29 is 27.5 Å². The topological polar surface area (TPSA) is 40.5 Å². The quantitative estimate of drug-likeness (QED) is 0.850. The van der Waals surface area contributed by atoms with E-state index < -0.39 is 28.9 Å². The first kappa shape index (κ1) is 15.6. The van der Waals surface area contributed by atoms with E-state index in [2.05, 4.69) is 0 Å². The molecule has 21 heavy (non-hydrogen) atoms. The maximum atomic E-state index is 13.9. The molecule has 0 bridgehead atoms. The molecular weight excluding hydrogens is 290 g/mol. The van der Waals surface area contributed by atoms with Crippen molar-refractivity contribution in [3.63, 3.8) is 0 Å². The fourth-order valence-corrected chi connectivity index (χ4v) is 2.39. The molecule has 1 aromatic rings. The van der Waals surface area contributed by atoms with E-state index in [1.807, 2.05) is 0 Å². The van der Waals surface area contributed by atoms with E-state index in [-0.39, 0.29) is 5.69 Å². The Labute approximate surface area is 119 Å². The number of piperidine rings is 1. The summed E-state index contributed by atoms with van der Waals surface area (Å²) in [6.07, 6.45) is -3.94. The molecule has 1 aliphatic heterocycles. The monoisotopic (exact) mass is 305 g/mol. The van der Waals surface area contributed by atoms with E-state index in [4.69, 9.17) is 5.11 Å². The lowest BCUT2D eigenvalue weighted by Gasteiger charge is -2.37. The maximum Gasteiger partial charge on any atom is 0.416 e. The van der Waals surface area contributed by atoms with Crippen LogP contribution in [0.1, 0.15) is 25.3 Å². The average molecular weight is 305 g/mol. The third kappa shape index (κ3) is 3.11. The van der Waals surface area contributed by atoms with E-state index in [9.17, 15) is 22.4 Å². The van der Waals surface area contributed by atoms with E-state index in [1.54, 1.807) is 11.8 Å². The van der Waals surface area contributed by atoms with E-state index in [0.29, 0.717) is 32.0 Å². The van der Waals surface area contributed by atoms with Gasteiger partial charge < -0.3 is 10.0 Å². The highest BCUT2D eigenvalue weighted by molar-refractivity contribution is 5.74. The molecule has 0 radical (unpaired) electrons. The molecule has 116 valence electrons. The number of halogens is 4. The van der Waals surface area contributed by atoms with Gasteiger partial charge in [0.05, 0.1) is 16.7 Å². The number of carboxylic acid groups (broad SMARTS) is 1. The fraction of sp³-hybridized carbons (Fsp3) is 0.500. The molecule has 0 spiro atoms. The Balaban J connectivity index is 2.16. The van der Waals surface area contributed by atoms with Crippen LogP contribution in [0.5, 0.6) is 0 Å². The average Bonchev–Trinajstić information content (AvgIpc) is 2.39. The van der Waals surface area contributed by atoms with Gasteiger partial charge in [0, 0.05) is 13.1 Å². The molecule has 0 atom stereocenters. The van der Waals surface area contributed by atoms with Gasteiger partial charge in [-0.1, -0.05) is 0 Å². The Hall–Kier alpha value is -1.79. The number of alkyl halides is 3. The van der Waals surface area contributed by atoms with Crippen molar-refractivity contribution in [2.45, 2.75) is 25.9 Å². The molecule has 0 unspecified atom stereocenters. The van der Waals surface area contributed by atoms with E-state index in [0.717, 1.165) is 12.1 Å². The second-order valence-electron chi connectivity index (χ2n) is 5.52. The molecule has 3 nitrogen and oxygen atoms in total. The Morgan fingerprint density at radius 3 is 2.29 bits per heavy atom. The first-order valence-electron chi connectivity index (χ1n) is 6.48. The second-order valence-corrected chi connectivity index (χ2v) is 5.52. The zero-order chi connectivity index (χ0) is 15.8. The normalized spacial score (nSPS) is 18.6. The number of hydrogen-bond acceptors (Lipinski definition) is 2. The summed E-state index contributed by atoms with van der Waals surface area (Å²) in [5, 5.41) is 9.12. The Morgan fingerprint density at radius 1 is 1.29 bits per heavy atom. The smallest absolute Gasteiger partial charge is 0.416 e. The van der Waals surface area contributed by atoms with Crippen LogP contribution in [0.25, 0.3) is 0 Å². The number of carboxylic acids is 1. The number of benzene rings is 1. The molecular formula is C14H15F4NO2. The van der Waals surface area contributed by atoms with Crippen LogP contribution < -0.4 is 4.90 Å². The molecule has 0 aliphatic carbocycles. The maximum absolute atomic E-state index is 13.9. The van der Waals surface area contributed by atoms with Gasteiger partial charge in [-0.3, -0.25) is 4.79 Å². The lowest BCUT2D eigenvalue weighted by atomic mass is 9.80. The number of aliphatic carboxylic acids is 1. The summed E-state index contributed by atoms with van der Waals surface area (Å²) >= 11 is 0. The summed E-state index contributed by atoms with van der Waals surface area (Å²) in [5.41, 5.74) is -1.81. The first-order valence-corrected chi connectivity index (χ1v) is 6.48. The van der Waals surface area contributed by atoms with E-state index in [1.165, 1.54) is 0 Å². The molecule has 0 amide bonds. The summed E-state index contributed by atoms with van der Waals surface area (Å²) in [7, 11) is 0. The molecule has 1 saturated heterocycles. The van der Waals surface area contributed by atoms with Gasteiger partial charge in [-0.2, -0.15) is 13.2 Å². The molecule has 1 fully saturated rings. The number of rotatable bonds is 2. The van der Waals surface area contributed by atoms with Crippen LogP contribution in [-0.2, 0) is 11.0 Å². The minimum Gasteiger partial charge on any atom is -0.481 e. The molecule has 7 heteroatoms. The van der Waals surface area contributed by atoms with Crippen LogP contribution in [0, 0.1) is 11.2 Å². The summed E-state index contributed by atoms with van der Waals surface area (Å²) < 4.78 is 51.3. The minimum absolute atomic E-state index is 0.0791. The number of anilines is 1. The Bertz CT molecular complexity index is 548.